The van der Waals surface area contributed by atoms with Crippen molar-refractivity contribution in [2.24, 2.45) is 4.99 Å². The summed E-state index contributed by atoms with van der Waals surface area (Å²) in [5, 5.41) is 25.7. The number of aliphatic hydroxyl groups is 1. The standard InChI is InChI=1S/C19H31N5O2S.HI/c1-6-20-18(22-13-19(4,25)16-7-10-27-12-16)21-11-17-14(2)23-24(15(17)3)8-9-26-5;/h7,10,12,25H,6,8-9,11,13H2,1-5H3,(H2,20,21,22);1H. The van der Waals surface area contributed by atoms with Crippen LogP contribution >= 0.6 is 35.3 Å². The van der Waals surface area contributed by atoms with Gasteiger partial charge in [-0.2, -0.15) is 16.4 Å². The molecular weight excluding hydrogens is 489 g/mol. The number of aromatic nitrogens is 2. The number of ether oxygens (including phenoxy) is 1. The van der Waals surface area contributed by atoms with Gasteiger partial charge in [0.25, 0.3) is 0 Å². The maximum absolute atomic E-state index is 10.7. The first-order valence-corrected chi connectivity index (χ1v) is 10.1. The van der Waals surface area contributed by atoms with Crippen molar-refractivity contribution >= 4 is 41.3 Å². The highest BCUT2D eigenvalue weighted by Gasteiger charge is 2.23. The molecule has 0 fully saturated rings. The molecule has 28 heavy (non-hydrogen) atoms. The summed E-state index contributed by atoms with van der Waals surface area (Å²) in [5.74, 6) is 0.677. The Labute approximate surface area is 188 Å². The highest BCUT2D eigenvalue weighted by molar-refractivity contribution is 14.0. The molecule has 1 atom stereocenters. The van der Waals surface area contributed by atoms with E-state index in [0.29, 0.717) is 25.7 Å². The molecule has 2 aromatic rings. The van der Waals surface area contributed by atoms with Gasteiger partial charge in [0.15, 0.2) is 5.96 Å². The molecule has 0 aliphatic rings. The molecule has 7 nitrogen and oxygen atoms in total. The van der Waals surface area contributed by atoms with Crippen LogP contribution in [-0.4, -0.2) is 47.7 Å². The molecule has 0 radical (unpaired) electrons. The van der Waals surface area contributed by atoms with Crippen molar-refractivity contribution in [3.8, 4) is 0 Å². The van der Waals surface area contributed by atoms with Crippen LogP contribution in [0.25, 0.3) is 0 Å². The molecule has 0 saturated carbocycles. The summed E-state index contributed by atoms with van der Waals surface area (Å²) in [4.78, 5) is 4.68. The van der Waals surface area contributed by atoms with Gasteiger partial charge in [0.2, 0.25) is 0 Å². The summed E-state index contributed by atoms with van der Waals surface area (Å²) < 4.78 is 7.11. The van der Waals surface area contributed by atoms with Crippen molar-refractivity contribution < 1.29 is 9.84 Å². The first kappa shape index (κ1) is 24.9. The van der Waals surface area contributed by atoms with E-state index in [1.807, 2.05) is 35.4 Å². The minimum Gasteiger partial charge on any atom is -0.384 e. The van der Waals surface area contributed by atoms with Gasteiger partial charge >= 0.3 is 0 Å². The van der Waals surface area contributed by atoms with E-state index < -0.39 is 5.60 Å². The molecule has 2 heterocycles. The lowest BCUT2D eigenvalue weighted by molar-refractivity contribution is 0.0621. The summed E-state index contributed by atoms with van der Waals surface area (Å²) in [6.07, 6.45) is 0. The predicted molar refractivity (Wildman–Crippen MR) is 126 cm³/mol. The van der Waals surface area contributed by atoms with Gasteiger partial charge in [-0.1, -0.05) is 0 Å². The van der Waals surface area contributed by atoms with E-state index in [1.54, 1.807) is 25.4 Å². The van der Waals surface area contributed by atoms with Gasteiger partial charge in [-0.05, 0) is 50.1 Å². The summed E-state index contributed by atoms with van der Waals surface area (Å²) in [7, 11) is 1.69. The SMILES string of the molecule is CCNC(=NCc1c(C)nn(CCOC)c1C)NCC(C)(O)c1ccsc1.I. The highest BCUT2D eigenvalue weighted by atomic mass is 127. The molecule has 2 aromatic heterocycles. The first-order valence-electron chi connectivity index (χ1n) is 9.18. The van der Waals surface area contributed by atoms with Crippen LogP contribution in [0.5, 0.6) is 0 Å². The zero-order chi connectivity index (χ0) is 19.9. The van der Waals surface area contributed by atoms with Crippen molar-refractivity contribution in [1.82, 2.24) is 20.4 Å². The van der Waals surface area contributed by atoms with Crippen molar-refractivity contribution in [2.45, 2.75) is 46.4 Å². The second kappa shape index (κ2) is 11.7. The Kier molecular flexibility index (Phi) is 10.4. The Balaban J connectivity index is 0.00000392. The molecule has 0 spiro atoms. The van der Waals surface area contributed by atoms with E-state index >= 15 is 0 Å². The van der Waals surface area contributed by atoms with Gasteiger partial charge < -0.3 is 20.5 Å². The quantitative estimate of drug-likeness (QED) is 0.269. The average molecular weight is 521 g/mol. The topological polar surface area (TPSA) is 83.7 Å². The summed E-state index contributed by atoms with van der Waals surface area (Å²) in [6, 6.07) is 1.94. The van der Waals surface area contributed by atoms with Crippen LogP contribution in [0.1, 0.15) is 36.4 Å². The lowest BCUT2D eigenvalue weighted by atomic mass is 9.99. The maximum Gasteiger partial charge on any atom is 0.191 e. The van der Waals surface area contributed by atoms with E-state index in [9.17, 15) is 5.11 Å². The van der Waals surface area contributed by atoms with Gasteiger partial charge in [0.1, 0.15) is 5.60 Å². The third kappa shape index (κ3) is 6.71. The van der Waals surface area contributed by atoms with E-state index in [1.165, 1.54) is 0 Å². The van der Waals surface area contributed by atoms with Crippen LogP contribution in [-0.2, 0) is 23.4 Å². The molecule has 0 saturated heterocycles. The fourth-order valence-electron chi connectivity index (χ4n) is 2.79. The van der Waals surface area contributed by atoms with Crippen LogP contribution < -0.4 is 10.6 Å². The fourth-order valence-corrected chi connectivity index (χ4v) is 3.57. The summed E-state index contributed by atoms with van der Waals surface area (Å²) >= 11 is 1.58. The molecule has 3 N–H and O–H groups in total. The fraction of sp³-hybridized carbons (Fsp3) is 0.579. The highest BCUT2D eigenvalue weighted by Crippen LogP contribution is 2.22. The Morgan fingerprint density at radius 2 is 2.14 bits per heavy atom. The number of aryl methyl sites for hydroxylation is 1. The molecule has 0 aliphatic carbocycles. The van der Waals surface area contributed by atoms with Crippen LogP contribution in [0.3, 0.4) is 0 Å². The molecule has 1 unspecified atom stereocenters. The lowest BCUT2D eigenvalue weighted by Gasteiger charge is -2.24. The molecule has 0 aromatic carbocycles. The number of thiophene rings is 1. The number of hydrogen-bond donors (Lipinski definition) is 3. The van der Waals surface area contributed by atoms with Crippen molar-refractivity contribution in [1.29, 1.82) is 0 Å². The normalized spacial score (nSPS) is 13.7. The van der Waals surface area contributed by atoms with Crippen LogP contribution in [0, 0.1) is 13.8 Å². The molecule has 0 bridgehead atoms. The number of methoxy groups -OCH3 is 1. The second-order valence-electron chi connectivity index (χ2n) is 6.70. The van der Waals surface area contributed by atoms with Crippen molar-refractivity contribution in [3.05, 3.63) is 39.3 Å². The van der Waals surface area contributed by atoms with Gasteiger partial charge in [-0.3, -0.25) is 4.68 Å². The molecule has 2 rings (SSSR count). The minimum atomic E-state index is -0.951. The number of guanidine groups is 1. The number of nitrogens with zero attached hydrogens (tertiary/aromatic N) is 3. The van der Waals surface area contributed by atoms with E-state index in [4.69, 9.17) is 4.74 Å². The Morgan fingerprint density at radius 1 is 1.39 bits per heavy atom. The second-order valence-corrected chi connectivity index (χ2v) is 7.48. The zero-order valence-corrected chi connectivity index (χ0v) is 20.4. The van der Waals surface area contributed by atoms with Gasteiger partial charge in [-0.15, -0.1) is 24.0 Å². The molecule has 0 amide bonds. The minimum absolute atomic E-state index is 0. The Morgan fingerprint density at radius 3 is 2.75 bits per heavy atom. The van der Waals surface area contributed by atoms with Gasteiger partial charge in [0.05, 0.1) is 31.9 Å². The largest absolute Gasteiger partial charge is 0.384 e. The molecule has 158 valence electrons. The van der Waals surface area contributed by atoms with Crippen LogP contribution in [0.4, 0.5) is 0 Å². The lowest BCUT2D eigenvalue weighted by Crippen LogP contribution is -2.44. The molecular formula is C19H32IN5O2S. The van der Waals surface area contributed by atoms with Gasteiger partial charge in [0, 0.05) is 24.9 Å². The zero-order valence-electron chi connectivity index (χ0n) is 17.3. The van der Waals surface area contributed by atoms with Crippen LogP contribution in [0.2, 0.25) is 0 Å². The Bertz CT molecular complexity index is 744. The molecule has 9 heteroatoms. The number of hydrogen-bond acceptors (Lipinski definition) is 5. The average Bonchev–Trinajstić information content (AvgIpc) is 3.26. The third-order valence-electron chi connectivity index (χ3n) is 4.52. The number of rotatable bonds is 9. The van der Waals surface area contributed by atoms with Crippen LogP contribution in [0.15, 0.2) is 21.8 Å². The summed E-state index contributed by atoms with van der Waals surface area (Å²) in [5.41, 5.74) is 3.16. The van der Waals surface area contributed by atoms with Crippen molar-refractivity contribution in [3.63, 3.8) is 0 Å². The Hall–Kier alpha value is -1.17. The monoisotopic (exact) mass is 521 g/mol. The smallest absolute Gasteiger partial charge is 0.191 e. The first-order chi connectivity index (χ1) is 12.9. The van der Waals surface area contributed by atoms with E-state index in [-0.39, 0.29) is 24.0 Å². The summed E-state index contributed by atoms with van der Waals surface area (Å²) in [6.45, 7) is 10.9. The third-order valence-corrected chi connectivity index (χ3v) is 5.20. The van der Waals surface area contributed by atoms with E-state index in [0.717, 1.165) is 35.6 Å². The van der Waals surface area contributed by atoms with Gasteiger partial charge in [-0.25, -0.2) is 4.99 Å². The number of aliphatic imine (C=N–C) groups is 1. The van der Waals surface area contributed by atoms with Crippen molar-refractivity contribution in [2.75, 3.05) is 26.8 Å². The molecule has 0 aliphatic heterocycles. The predicted octanol–water partition coefficient (Wildman–Crippen LogP) is 2.79. The number of nitrogens with one attached hydrogen (secondary N) is 2. The van der Waals surface area contributed by atoms with E-state index in [2.05, 4.69) is 27.6 Å². The number of halogens is 1. The maximum atomic E-state index is 10.7.